The predicted molar refractivity (Wildman–Crippen MR) is 78.4 cm³/mol. The molecule has 1 saturated heterocycles. The summed E-state index contributed by atoms with van der Waals surface area (Å²) >= 11 is 1.51. The first-order valence-corrected chi connectivity index (χ1v) is 9.25. The van der Waals surface area contributed by atoms with Crippen LogP contribution in [0, 0.1) is 0 Å². The molecule has 2 fully saturated rings. The highest BCUT2D eigenvalue weighted by atomic mass is 32.2. The molecule has 2 heterocycles. The predicted octanol–water partition coefficient (Wildman–Crippen LogP) is 1.41. The van der Waals surface area contributed by atoms with Crippen LogP contribution in [-0.4, -0.2) is 45.1 Å². The molecule has 1 atom stereocenters. The van der Waals surface area contributed by atoms with Gasteiger partial charge in [-0.05, 0) is 25.3 Å². The Labute approximate surface area is 124 Å². The molecule has 112 valence electrons. The van der Waals surface area contributed by atoms with E-state index >= 15 is 0 Å². The highest BCUT2D eigenvalue weighted by Crippen LogP contribution is 2.27. The summed E-state index contributed by atoms with van der Waals surface area (Å²) in [6.07, 6.45) is 3.28. The highest BCUT2D eigenvalue weighted by Gasteiger charge is 2.33. The summed E-state index contributed by atoms with van der Waals surface area (Å²) in [7, 11) is -1.72. The Balaban J connectivity index is 1.67. The first-order valence-electron chi connectivity index (χ1n) is 6.93. The quantitative estimate of drug-likeness (QED) is 0.862. The number of ether oxygens (including phenoxy) is 1. The zero-order chi connectivity index (χ0) is 14.2. The molecule has 3 rings (SSSR count). The van der Waals surface area contributed by atoms with Gasteiger partial charge in [-0.2, -0.15) is 4.31 Å². The molecule has 1 N–H and O–H groups in total. The number of thiophene rings is 1. The minimum Gasteiger partial charge on any atom is -0.380 e. The van der Waals surface area contributed by atoms with E-state index in [-0.39, 0.29) is 6.10 Å². The molecule has 0 radical (unpaired) electrons. The van der Waals surface area contributed by atoms with Gasteiger partial charge < -0.3 is 10.1 Å². The smallest absolute Gasteiger partial charge is 0.243 e. The van der Waals surface area contributed by atoms with Crippen LogP contribution in [0.15, 0.2) is 16.3 Å². The summed E-state index contributed by atoms with van der Waals surface area (Å²) in [4.78, 5) is 1.50. The highest BCUT2D eigenvalue weighted by molar-refractivity contribution is 7.89. The average molecular weight is 316 g/mol. The lowest BCUT2D eigenvalue weighted by Crippen LogP contribution is -2.29. The van der Waals surface area contributed by atoms with Crippen molar-refractivity contribution in [1.82, 2.24) is 9.62 Å². The van der Waals surface area contributed by atoms with Crippen molar-refractivity contribution in [2.24, 2.45) is 0 Å². The van der Waals surface area contributed by atoms with E-state index in [1.165, 1.54) is 28.5 Å². The van der Waals surface area contributed by atoms with E-state index in [9.17, 15) is 8.42 Å². The minimum atomic E-state index is -3.35. The van der Waals surface area contributed by atoms with Gasteiger partial charge in [0.05, 0.1) is 11.0 Å². The van der Waals surface area contributed by atoms with Gasteiger partial charge >= 0.3 is 0 Å². The largest absolute Gasteiger partial charge is 0.380 e. The average Bonchev–Trinajstić information content (AvgIpc) is 2.96. The van der Waals surface area contributed by atoms with Gasteiger partial charge in [0.15, 0.2) is 0 Å². The molecule has 0 amide bonds. The lowest BCUT2D eigenvalue weighted by atomic mass is 10.3. The Hall–Kier alpha value is -0.470. The van der Waals surface area contributed by atoms with Crippen molar-refractivity contribution in [3.05, 3.63) is 16.3 Å². The van der Waals surface area contributed by atoms with Crippen molar-refractivity contribution in [2.45, 2.75) is 42.8 Å². The van der Waals surface area contributed by atoms with Crippen LogP contribution in [0.25, 0.3) is 0 Å². The molecule has 7 heteroatoms. The molecule has 0 bridgehead atoms. The number of methoxy groups -OCH3 is 1. The second-order valence-corrected chi connectivity index (χ2v) is 8.35. The minimum absolute atomic E-state index is 0.0272. The standard InChI is InChI=1S/C13H20N2O3S2/c1-18-11-4-5-15(8-11)20(16,17)13-6-12(19-9-13)7-14-10-2-3-10/h6,9-11,14H,2-5,7-8H2,1H3. The Morgan fingerprint density at radius 1 is 1.45 bits per heavy atom. The molecule has 1 aromatic rings. The zero-order valence-electron chi connectivity index (χ0n) is 11.5. The Morgan fingerprint density at radius 2 is 2.25 bits per heavy atom. The SMILES string of the molecule is COC1CCN(S(=O)(=O)c2csc(CNC3CC3)c2)C1. The van der Waals surface area contributed by atoms with Gasteiger partial charge in [0.25, 0.3) is 0 Å². The van der Waals surface area contributed by atoms with Crippen molar-refractivity contribution < 1.29 is 13.2 Å². The third kappa shape index (κ3) is 3.07. The normalized spacial score (nSPS) is 24.4. The summed E-state index contributed by atoms with van der Waals surface area (Å²) in [5, 5.41) is 5.15. The number of hydrogen-bond donors (Lipinski definition) is 1. The van der Waals surface area contributed by atoms with Crippen LogP contribution in [0.4, 0.5) is 0 Å². The second kappa shape index (κ2) is 5.73. The molecule has 20 heavy (non-hydrogen) atoms. The number of rotatable bonds is 6. The zero-order valence-corrected chi connectivity index (χ0v) is 13.2. The van der Waals surface area contributed by atoms with Crippen molar-refractivity contribution >= 4 is 21.4 Å². The molecule has 1 aliphatic heterocycles. The van der Waals surface area contributed by atoms with Gasteiger partial charge in [0, 0.05) is 43.0 Å². The molecule has 1 aromatic heterocycles. The molecule has 1 saturated carbocycles. The third-order valence-electron chi connectivity index (χ3n) is 3.85. The maximum atomic E-state index is 12.5. The van der Waals surface area contributed by atoms with Crippen molar-refractivity contribution in [3.8, 4) is 0 Å². The van der Waals surface area contributed by atoms with Gasteiger partial charge in [0.1, 0.15) is 0 Å². The van der Waals surface area contributed by atoms with E-state index in [1.807, 2.05) is 0 Å². The van der Waals surface area contributed by atoms with Crippen molar-refractivity contribution in [1.29, 1.82) is 0 Å². The molecule has 0 spiro atoms. The lowest BCUT2D eigenvalue weighted by Gasteiger charge is -2.15. The van der Waals surface area contributed by atoms with Crippen LogP contribution in [0.2, 0.25) is 0 Å². The fraction of sp³-hybridized carbons (Fsp3) is 0.692. The van der Waals surface area contributed by atoms with Crippen LogP contribution in [0.5, 0.6) is 0 Å². The van der Waals surface area contributed by atoms with E-state index in [0.29, 0.717) is 24.0 Å². The van der Waals surface area contributed by atoms with Gasteiger partial charge in [-0.1, -0.05) is 0 Å². The van der Waals surface area contributed by atoms with Gasteiger partial charge in [0.2, 0.25) is 10.0 Å². The lowest BCUT2D eigenvalue weighted by molar-refractivity contribution is 0.115. The molecular weight excluding hydrogens is 296 g/mol. The Bertz CT molecular complexity index is 566. The third-order valence-corrected chi connectivity index (χ3v) is 6.78. The summed E-state index contributed by atoms with van der Waals surface area (Å²) in [6.45, 7) is 1.78. The topological polar surface area (TPSA) is 58.6 Å². The number of nitrogens with one attached hydrogen (secondary N) is 1. The number of hydrogen-bond acceptors (Lipinski definition) is 5. The second-order valence-electron chi connectivity index (χ2n) is 5.41. The van der Waals surface area contributed by atoms with E-state index in [4.69, 9.17) is 4.74 Å². The maximum Gasteiger partial charge on any atom is 0.243 e. The molecule has 2 aliphatic rings. The van der Waals surface area contributed by atoms with Crippen LogP contribution in [-0.2, 0) is 21.3 Å². The first kappa shape index (κ1) is 14.5. The van der Waals surface area contributed by atoms with E-state index in [2.05, 4.69) is 5.32 Å². The maximum absolute atomic E-state index is 12.5. The fourth-order valence-corrected chi connectivity index (χ4v) is 5.08. The molecule has 1 unspecified atom stereocenters. The van der Waals surface area contributed by atoms with E-state index in [0.717, 1.165) is 17.8 Å². The molecule has 0 aromatic carbocycles. The van der Waals surface area contributed by atoms with Crippen molar-refractivity contribution in [2.75, 3.05) is 20.2 Å². The summed E-state index contributed by atoms with van der Waals surface area (Å²) < 4.78 is 31.8. The van der Waals surface area contributed by atoms with Crippen LogP contribution >= 0.6 is 11.3 Å². The van der Waals surface area contributed by atoms with Crippen molar-refractivity contribution in [3.63, 3.8) is 0 Å². The number of nitrogens with zero attached hydrogens (tertiary/aromatic N) is 1. The summed E-state index contributed by atoms with van der Waals surface area (Å²) in [5.74, 6) is 0. The van der Waals surface area contributed by atoms with Crippen LogP contribution < -0.4 is 5.32 Å². The van der Waals surface area contributed by atoms with Crippen LogP contribution in [0.1, 0.15) is 24.1 Å². The van der Waals surface area contributed by atoms with E-state index < -0.39 is 10.0 Å². The monoisotopic (exact) mass is 316 g/mol. The molecule has 5 nitrogen and oxygen atoms in total. The molecule has 1 aliphatic carbocycles. The summed E-state index contributed by atoms with van der Waals surface area (Å²) in [5.41, 5.74) is 0. The summed E-state index contributed by atoms with van der Waals surface area (Å²) in [6, 6.07) is 2.44. The number of sulfonamides is 1. The van der Waals surface area contributed by atoms with E-state index in [1.54, 1.807) is 18.6 Å². The Morgan fingerprint density at radius 3 is 2.90 bits per heavy atom. The first-order chi connectivity index (χ1) is 9.59. The molecular formula is C13H20N2O3S2. The van der Waals surface area contributed by atoms with Gasteiger partial charge in [-0.25, -0.2) is 8.42 Å². The Kier molecular flexibility index (Phi) is 4.14. The van der Waals surface area contributed by atoms with Gasteiger partial charge in [-0.3, -0.25) is 0 Å². The fourth-order valence-electron chi connectivity index (χ4n) is 2.38. The van der Waals surface area contributed by atoms with Crippen LogP contribution in [0.3, 0.4) is 0 Å². The van der Waals surface area contributed by atoms with Gasteiger partial charge in [-0.15, -0.1) is 11.3 Å².